The Morgan fingerprint density at radius 1 is 0.559 bits per heavy atom. The molecule has 0 bridgehead atoms. The zero-order chi connectivity index (χ0) is 24.2. The van der Waals surface area contributed by atoms with Gasteiger partial charge in [0.25, 0.3) is 0 Å². The first kappa shape index (κ1) is 25.0. The molecule has 8 nitrogen and oxygen atoms in total. The first-order chi connectivity index (χ1) is 16.6. The van der Waals surface area contributed by atoms with Crippen molar-refractivity contribution in [1.29, 1.82) is 0 Å². The second-order valence-corrected chi connectivity index (χ2v) is 7.08. The van der Waals surface area contributed by atoms with Crippen LogP contribution in [0, 0.1) is 0 Å². The molecular formula is C26H28O8. The Bertz CT molecular complexity index is 932. The monoisotopic (exact) mass is 468 g/mol. The third-order valence-electron chi connectivity index (χ3n) is 4.77. The van der Waals surface area contributed by atoms with E-state index in [2.05, 4.69) is 13.2 Å². The molecular weight excluding hydrogens is 440 g/mol. The summed E-state index contributed by atoms with van der Waals surface area (Å²) in [6, 6.07) is 9.92. The Hall–Kier alpha value is -3.62. The van der Waals surface area contributed by atoms with Gasteiger partial charge in [0.05, 0.1) is 26.4 Å². The largest absolute Gasteiger partial charge is 0.487 e. The number of ketones is 2. The lowest BCUT2D eigenvalue weighted by molar-refractivity contribution is 0.0639. The lowest BCUT2D eigenvalue weighted by Gasteiger charge is -2.16. The number of carbonyl (C=O) groups excluding carboxylic acids is 2. The molecule has 0 radical (unpaired) electrons. The molecule has 0 atom stereocenters. The molecule has 0 amide bonds. The number of rotatable bonds is 4. The van der Waals surface area contributed by atoms with E-state index in [-0.39, 0.29) is 38.0 Å². The van der Waals surface area contributed by atoms with Gasteiger partial charge in [-0.15, -0.1) is 0 Å². The molecule has 0 aromatic heterocycles. The average Bonchev–Trinajstić information content (AvgIpc) is 2.87. The quantitative estimate of drug-likeness (QED) is 0.496. The molecule has 1 aliphatic rings. The maximum atomic E-state index is 11.9. The highest BCUT2D eigenvalue weighted by Gasteiger charge is 2.12. The normalized spacial score (nSPS) is 15.3. The van der Waals surface area contributed by atoms with Gasteiger partial charge in [-0.2, -0.15) is 0 Å². The zero-order valence-corrected chi connectivity index (χ0v) is 19.0. The van der Waals surface area contributed by atoms with Crippen molar-refractivity contribution in [2.45, 2.75) is 0 Å². The molecule has 180 valence electrons. The van der Waals surface area contributed by atoms with Gasteiger partial charge in [0.1, 0.15) is 26.4 Å². The number of hydrogen-bond donors (Lipinski definition) is 0. The predicted molar refractivity (Wildman–Crippen MR) is 126 cm³/mol. The summed E-state index contributed by atoms with van der Waals surface area (Å²) in [7, 11) is 0. The van der Waals surface area contributed by atoms with Crippen molar-refractivity contribution < 1.29 is 38.0 Å². The fraction of sp³-hybridized carbons (Fsp3) is 0.308. The molecule has 3 rings (SSSR count). The lowest BCUT2D eigenvalue weighted by atomic mass is 10.1. The van der Waals surface area contributed by atoms with E-state index in [0.717, 1.165) is 0 Å². The molecule has 8 heteroatoms. The standard InChI is InChI=1S/C26H28O8/c1-3-21(27)19-5-7-23-25(17-19)33-15-11-29-10-14-32-24-8-6-20(22(28)4-2)18-26(24)34-16-12-30-9-13-31-23/h3-8,17-18H,1-2,9-16H2. The molecule has 2 aromatic carbocycles. The van der Waals surface area contributed by atoms with E-state index in [9.17, 15) is 9.59 Å². The molecule has 1 aliphatic heterocycles. The van der Waals surface area contributed by atoms with Crippen LogP contribution in [-0.2, 0) is 9.47 Å². The summed E-state index contributed by atoms with van der Waals surface area (Å²) in [6.45, 7) is 9.34. The highest BCUT2D eigenvalue weighted by atomic mass is 16.6. The Morgan fingerprint density at radius 2 is 0.912 bits per heavy atom. The highest BCUT2D eigenvalue weighted by molar-refractivity contribution is 6.05. The van der Waals surface area contributed by atoms with Crippen molar-refractivity contribution in [2.75, 3.05) is 52.9 Å². The summed E-state index contributed by atoms with van der Waals surface area (Å²) in [5, 5.41) is 0. The van der Waals surface area contributed by atoms with Gasteiger partial charge in [0, 0.05) is 11.1 Å². The van der Waals surface area contributed by atoms with Crippen LogP contribution < -0.4 is 18.9 Å². The summed E-state index contributed by atoms with van der Waals surface area (Å²) in [5.41, 5.74) is 0.914. The Labute approximate surface area is 198 Å². The van der Waals surface area contributed by atoms with Gasteiger partial charge in [-0.3, -0.25) is 9.59 Å². The van der Waals surface area contributed by atoms with E-state index < -0.39 is 0 Å². The Morgan fingerprint density at radius 3 is 1.26 bits per heavy atom. The van der Waals surface area contributed by atoms with Crippen molar-refractivity contribution in [3.63, 3.8) is 0 Å². The number of hydrogen-bond acceptors (Lipinski definition) is 8. The Kier molecular flexibility index (Phi) is 9.69. The summed E-state index contributed by atoms with van der Waals surface area (Å²) >= 11 is 0. The van der Waals surface area contributed by atoms with Crippen molar-refractivity contribution in [1.82, 2.24) is 0 Å². The van der Waals surface area contributed by atoms with Crippen LogP contribution in [0.5, 0.6) is 23.0 Å². The van der Waals surface area contributed by atoms with Gasteiger partial charge in [-0.1, -0.05) is 13.2 Å². The van der Waals surface area contributed by atoms with Crippen LogP contribution in [0.4, 0.5) is 0 Å². The highest BCUT2D eigenvalue weighted by Crippen LogP contribution is 2.30. The maximum Gasteiger partial charge on any atom is 0.185 e. The van der Waals surface area contributed by atoms with E-state index >= 15 is 0 Å². The molecule has 0 saturated heterocycles. The van der Waals surface area contributed by atoms with Crippen LogP contribution in [0.2, 0.25) is 0 Å². The Balaban J connectivity index is 1.66. The number of carbonyl (C=O) groups is 2. The van der Waals surface area contributed by atoms with Gasteiger partial charge in [-0.25, -0.2) is 0 Å². The third-order valence-corrected chi connectivity index (χ3v) is 4.77. The summed E-state index contributed by atoms with van der Waals surface area (Å²) < 4.78 is 34.3. The SMILES string of the molecule is C=CC(=O)c1ccc2c(c1)OCCOCCOc1ccc(C(=O)C=C)cc1OCCOCCO2. The van der Waals surface area contributed by atoms with Crippen molar-refractivity contribution in [3.8, 4) is 23.0 Å². The van der Waals surface area contributed by atoms with E-state index in [1.807, 2.05) is 0 Å². The zero-order valence-electron chi connectivity index (χ0n) is 19.0. The first-order valence-electron chi connectivity index (χ1n) is 10.9. The third kappa shape index (κ3) is 7.19. The molecule has 0 aliphatic carbocycles. The van der Waals surface area contributed by atoms with Crippen molar-refractivity contribution in [3.05, 3.63) is 72.8 Å². The van der Waals surface area contributed by atoms with Crippen LogP contribution in [0.1, 0.15) is 20.7 Å². The van der Waals surface area contributed by atoms with Crippen LogP contribution >= 0.6 is 0 Å². The number of allylic oxidation sites excluding steroid dienone is 2. The minimum absolute atomic E-state index is 0.205. The van der Waals surface area contributed by atoms with Crippen molar-refractivity contribution >= 4 is 11.6 Å². The number of ether oxygens (including phenoxy) is 6. The summed E-state index contributed by atoms with van der Waals surface area (Å²) in [4.78, 5) is 23.9. The van der Waals surface area contributed by atoms with Gasteiger partial charge in [0.15, 0.2) is 34.6 Å². The summed E-state index contributed by atoms with van der Waals surface area (Å²) in [6.07, 6.45) is 2.50. The van der Waals surface area contributed by atoms with Crippen LogP contribution in [0.25, 0.3) is 0 Å². The van der Waals surface area contributed by atoms with Gasteiger partial charge in [0.2, 0.25) is 0 Å². The topological polar surface area (TPSA) is 89.5 Å². The second kappa shape index (κ2) is 13.2. The molecule has 0 fully saturated rings. The minimum Gasteiger partial charge on any atom is -0.487 e. The summed E-state index contributed by atoms with van der Waals surface area (Å²) in [5.74, 6) is 1.47. The maximum absolute atomic E-state index is 11.9. The minimum atomic E-state index is -0.205. The van der Waals surface area contributed by atoms with Gasteiger partial charge >= 0.3 is 0 Å². The fourth-order valence-electron chi connectivity index (χ4n) is 3.07. The predicted octanol–water partition coefficient (Wildman–Crippen LogP) is 3.69. The molecule has 34 heavy (non-hydrogen) atoms. The average molecular weight is 469 g/mol. The first-order valence-corrected chi connectivity index (χ1v) is 10.9. The van der Waals surface area contributed by atoms with Crippen LogP contribution in [0.15, 0.2) is 61.7 Å². The van der Waals surface area contributed by atoms with Crippen LogP contribution in [-0.4, -0.2) is 64.4 Å². The van der Waals surface area contributed by atoms with E-state index in [1.165, 1.54) is 12.2 Å². The number of benzene rings is 2. The molecule has 0 unspecified atom stereocenters. The smallest absolute Gasteiger partial charge is 0.185 e. The molecule has 2 aromatic rings. The number of fused-ring (bicyclic) bond motifs is 2. The van der Waals surface area contributed by atoms with E-state index in [1.54, 1.807) is 36.4 Å². The molecule has 1 heterocycles. The fourth-order valence-corrected chi connectivity index (χ4v) is 3.07. The molecule has 0 spiro atoms. The van der Waals surface area contributed by atoms with Crippen molar-refractivity contribution in [2.24, 2.45) is 0 Å². The van der Waals surface area contributed by atoms with E-state index in [0.29, 0.717) is 60.6 Å². The molecule has 0 saturated carbocycles. The van der Waals surface area contributed by atoms with Gasteiger partial charge in [-0.05, 0) is 48.6 Å². The van der Waals surface area contributed by atoms with Gasteiger partial charge < -0.3 is 28.4 Å². The van der Waals surface area contributed by atoms with E-state index in [4.69, 9.17) is 28.4 Å². The van der Waals surface area contributed by atoms with Crippen LogP contribution in [0.3, 0.4) is 0 Å². The second-order valence-electron chi connectivity index (χ2n) is 7.08. The molecule has 0 N–H and O–H groups in total. The lowest BCUT2D eigenvalue weighted by Crippen LogP contribution is -2.15.